The molecule has 4 nitrogen and oxygen atoms in total. The molecule has 0 radical (unpaired) electrons. The molecule has 4 heteroatoms. The van der Waals surface area contributed by atoms with Gasteiger partial charge in [0.25, 0.3) is 0 Å². The second-order valence-corrected chi connectivity index (χ2v) is 4.95. The summed E-state index contributed by atoms with van der Waals surface area (Å²) in [4.78, 5) is 11.9. The van der Waals surface area contributed by atoms with Gasteiger partial charge in [0, 0.05) is 0 Å². The summed E-state index contributed by atoms with van der Waals surface area (Å²) in [5.41, 5.74) is 2.17. The Bertz CT molecular complexity index is 625. The molecule has 0 atom stereocenters. The Labute approximate surface area is 131 Å². The highest BCUT2D eigenvalue weighted by molar-refractivity contribution is 5.78. The number of carbonyl (C=O) groups is 1. The van der Waals surface area contributed by atoms with Crippen LogP contribution in [0.25, 0.3) is 0 Å². The predicted molar refractivity (Wildman–Crippen MR) is 86.4 cm³/mol. The molecule has 2 aromatic rings. The van der Waals surface area contributed by atoms with Crippen molar-refractivity contribution in [1.82, 2.24) is 5.32 Å². The molecule has 0 saturated carbocycles. The molecule has 2 rings (SSSR count). The lowest BCUT2D eigenvalue weighted by Crippen LogP contribution is -2.29. The lowest BCUT2D eigenvalue weighted by atomic mass is 10.1. The summed E-state index contributed by atoms with van der Waals surface area (Å²) in [5, 5.41) is 2.86. The zero-order valence-corrected chi connectivity index (χ0v) is 13.0. The van der Waals surface area contributed by atoms with E-state index < -0.39 is 0 Å². The maximum Gasteiger partial charge on any atom is 0.224 e. The van der Waals surface area contributed by atoms with Crippen molar-refractivity contribution < 1.29 is 14.3 Å². The van der Waals surface area contributed by atoms with Gasteiger partial charge >= 0.3 is 0 Å². The summed E-state index contributed by atoms with van der Waals surface area (Å²) < 4.78 is 10.8. The third kappa shape index (κ3) is 4.52. The van der Waals surface area contributed by atoms with Crippen LogP contribution in [0.15, 0.2) is 48.5 Å². The van der Waals surface area contributed by atoms with Gasteiger partial charge in [-0.25, -0.2) is 0 Å². The van der Waals surface area contributed by atoms with Crippen LogP contribution in [0.1, 0.15) is 11.1 Å². The number of rotatable bonds is 7. The van der Waals surface area contributed by atoms with Crippen molar-refractivity contribution in [3.05, 3.63) is 59.7 Å². The minimum atomic E-state index is -0.00192. The fraction of sp³-hybridized carbons (Fsp3) is 0.278. The lowest BCUT2D eigenvalue weighted by molar-refractivity contribution is -0.120. The summed E-state index contributed by atoms with van der Waals surface area (Å²) >= 11 is 0. The van der Waals surface area contributed by atoms with Crippen molar-refractivity contribution in [3.63, 3.8) is 0 Å². The average molecular weight is 299 g/mol. The van der Waals surface area contributed by atoms with Crippen LogP contribution >= 0.6 is 0 Å². The van der Waals surface area contributed by atoms with E-state index in [1.54, 1.807) is 7.11 Å². The molecule has 0 spiro atoms. The van der Waals surface area contributed by atoms with Crippen molar-refractivity contribution in [2.24, 2.45) is 0 Å². The monoisotopic (exact) mass is 299 g/mol. The maximum absolute atomic E-state index is 11.9. The van der Waals surface area contributed by atoms with Crippen LogP contribution in [0.4, 0.5) is 0 Å². The van der Waals surface area contributed by atoms with Crippen LogP contribution in [-0.4, -0.2) is 26.2 Å². The minimum absolute atomic E-state index is 0.00192. The number of nitrogens with one attached hydrogen (secondary N) is 1. The van der Waals surface area contributed by atoms with Crippen molar-refractivity contribution in [3.8, 4) is 11.5 Å². The number of amides is 1. The summed E-state index contributed by atoms with van der Waals surface area (Å²) in [6.07, 6.45) is 0.390. The molecule has 0 fully saturated rings. The van der Waals surface area contributed by atoms with E-state index in [2.05, 4.69) is 5.32 Å². The van der Waals surface area contributed by atoms with Gasteiger partial charge in [-0.1, -0.05) is 36.4 Å². The Morgan fingerprint density at radius 3 is 2.45 bits per heavy atom. The van der Waals surface area contributed by atoms with E-state index in [-0.39, 0.29) is 5.91 Å². The van der Waals surface area contributed by atoms with Gasteiger partial charge in [-0.2, -0.15) is 0 Å². The molecule has 1 N–H and O–H groups in total. The molecule has 2 aromatic carbocycles. The highest BCUT2D eigenvalue weighted by atomic mass is 16.5. The molecule has 0 aliphatic heterocycles. The molecular weight excluding hydrogens is 278 g/mol. The molecule has 0 unspecified atom stereocenters. The zero-order valence-electron chi connectivity index (χ0n) is 13.0. The number of ether oxygens (including phenoxy) is 2. The van der Waals surface area contributed by atoms with Gasteiger partial charge in [-0.3, -0.25) is 4.79 Å². The van der Waals surface area contributed by atoms with Crippen molar-refractivity contribution in [2.75, 3.05) is 20.3 Å². The van der Waals surface area contributed by atoms with E-state index in [9.17, 15) is 4.79 Å². The summed E-state index contributed by atoms with van der Waals surface area (Å²) in [5.74, 6) is 1.37. The largest absolute Gasteiger partial charge is 0.493 e. The predicted octanol–water partition coefficient (Wildman–Crippen LogP) is 2.74. The molecule has 0 aliphatic rings. The van der Waals surface area contributed by atoms with Gasteiger partial charge < -0.3 is 14.8 Å². The van der Waals surface area contributed by atoms with E-state index in [1.165, 1.54) is 0 Å². The first-order chi connectivity index (χ1) is 10.7. The topological polar surface area (TPSA) is 47.6 Å². The van der Waals surface area contributed by atoms with E-state index in [0.29, 0.717) is 31.1 Å². The Morgan fingerprint density at radius 1 is 1.05 bits per heavy atom. The first-order valence-corrected chi connectivity index (χ1v) is 7.27. The van der Waals surface area contributed by atoms with Crippen LogP contribution in [0.3, 0.4) is 0 Å². The Balaban J connectivity index is 1.75. The fourth-order valence-corrected chi connectivity index (χ4v) is 2.13. The minimum Gasteiger partial charge on any atom is -0.493 e. The van der Waals surface area contributed by atoms with Crippen molar-refractivity contribution in [1.29, 1.82) is 0 Å². The number of carbonyl (C=O) groups excluding carboxylic acids is 1. The highest BCUT2D eigenvalue weighted by Gasteiger charge is 2.06. The van der Waals surface area contributed by atoms with E-state index in [4.69, 9.17) is 9.47 Å². The number of benzene rings is 2. The van der Waals surface area contributed by atoms with Crippen LogP contribution in [0, 0.1) is 6.92 Å². The summed E-state index contributed by atoms with van der Waals surface area (Å²) in [7, 11) is 1.60. The van der Waals surface area contributed by atoms with E-state index in [0.717, 1.165) is 11.1 Å². The smallest absolute Gasteiger partial charge is 0.224 e. The molecule has 0 aromatic heterocycles. The molecule has 0 bridgehead atoms. The third-order valence-electron chi connectivity index (χ3n) is 3.36. The second-order valence-electron chi connectivity index (χ2n) is 4.95. The highest BCUT2D eigenvalue weighted by Crippen LogP contribution is 2.25. The SMILES string of the molecule is COc1ccccc1OCCNC(=O)Cc1ccccc1C. The molecular formula is C18H21NO3. The van der Waals surface area contributed by atoms with Crippen LogP contribution in [0.5, 0.6) is 11.5 Å². The third-order valence-corrected chi connectivity index (χ3v) is 3.36. The van der Waals surface area contributed by atoms with Crippen LogP contribution in [-0.2, 0) is 11.2 Å². The number of methoxy groups -OCH3 is 1. The van der Waals surface area contributed by atoms with E-state index in [1.807, 2.05) is 55.5 Å². The van der Waals surface area contributed by atoms with Gasteiger partial charge in [0.05, 0.1) is 20.1 Å². The quantitative estimate of drug-likeness (QED) is 0.800. The Kier molecular flexibility index (Phi) is 5.83. The number of hydrogen-bond acceptors (Lipinski definition) is 3. The number of hydrogen-bond donors (Lipinski definition) is 1. The number of para-hydroxylation sites is 2. The Hall–Kier alpha value is -2.49. The van der Waals surface area contributed by atoms with Crippen LogP contribution in [0.2, 0.25) is 0 Å². The molecule has 0 aliphatic carbocycles. The fourth-order valence-electron chi connectivity index (χ4n) is 2.13. The van der Waals surface area contributed by atoms with Crippen LogP contribution < -0.4 is 14.8 Å². The molecule has 1 amide bonds. The Morgan fingerprint density at radius 2 is 1.73 bits per heavy atom. The van der Waals surface area contributed by atoms with Gasteiger partial charge in [0.15, 0.2) is 11.5 Å². The standard InChI is InChI=1S/C18H21NO3/c1-14-7-3-4-8-15(14)13-18(20)19-11-12-22-17-10-6-5-9-16(17)21-2/h3-10H,11-13H2,1-2H3,(H,19,20). The number of aryl methyl sites for hydroxylation is 1. The maximum atomic E-state index is 11.9. The first kappa shape index (κ1) is 15.9. The molecule has 0 saturated heterocycles. The van der Waals surface area contributed by atoms with Gasteiger partial charge in [0.1, 0.15) is 6.61 Å². The first-order valence-electron chi connectivity index (χ1n) is 7.27. The van der Waals surface area contributed by atoms with Gasteiger partial charge in [-0.15, -0.1) is 0 Å². The van der Waals surface area contributed by atoms with E-state index >= 15 is 0 Å². The summed E-state index contributed by atoms with van der Waals surface area (Å²) in [6.45, 7) is 2.87. The summed E-state index contributed by atoms with van der Waals surface area (Å²) in [6, 6.07) is 15.3. The van der Waals surface area contributed by atoms with Gasteiger partial charge in [-0.05, 0) is 30.2 Å². The average Bonchev–Trinajstić information content (AvgIpc) is 2.54. The normalized spacial score (nSPS) is 10.1. The van der Waals surface area contributed by atoms with Crippen molar-refractivity contribution in [2.45, 2.75) is 13.3 Å². The molecule has 22 heavy (non-hydrogen) atoms. The van der Waals surface area contributed by atoms with Gasteiger partial charge in [0.2, 0.25) is 5.91 Å². The molecule has 0 heterocycles. The second kappa shape index (κ2) is 8.08. The lowest BCUT2D eigenvalue weighted by Gasteiger charge is -2.11. The molecule has 116 valence electrons. The van der Waals surface area contributed by atoms with Crippen molar-refractivity contribution >= 4 is 5.91 Å². The zero-order chi connectivity index (χ0) is 15.8.